The fraction of sp³-hybridized carbons (Fsp3) is 0.625. The summed E-state index contributed by atoms with van der Waals surface area (Å²) < 4.78 is 10.6. The summed E-state index contributed by atoms with van der Waals surface area (Å²) in [4.78, 5) is 2.48. The van der Waals surface area contributed by atoms with Crippen molar-refractivity contribution in [2.75, 3.05) is 33.9 Å². The maximum absolute atomic E-state index is 5.87. The molecule has 0 bridgehead atoms. The first-order chi connectivity index (χ1) is 9.67. The van der Waals surface area contributed by atoms with Crippen LogP contribution in [0, 0.1) is 11.8 Å². The van der Waals surface area contributed by atoms with Crippen LogP contribution in [0.1, 0.15) is 18.9 Å². The highest BCUT2D eigenvalue weighted by molar-refractivity contribution is 5.42. The molecule has 2 rings (SSSR count). The van der Waals surface area contributed by atoms with E-state index in [4.69, 9.17) is 15.2 Å². The lowest BCUT2D eigenvalue weighted by molar-refractivity contribution is 0.126. The van der Waals surface area contributed by atoms with Gasteiger partial charge in [-0.05, 0) is 49.0 Å². The Kier molecular flexibility index (Phi) is 5.26. The molecule has 112 valence electrons. The summed E-state index contributed by atoms with van der Waals surface area (Å²) in [6, 6.07) is 6.15. The van der Waals surface area contributed by atoms with Gasteiger partial charge in [-0.2, -0.15) is 0 Å². The van der Waals surface area contributed by atoms with Crippen LogP contribution in [0.25, 0.3) is 0 Å². The Hall–Kier alpha value is -1.26. The monoisotopic (exact) mass is 278 g/mol. The molecule has 0 aromatic heterocycles. The molecule has 0 amide bonds. The Balaban J connectivity index is 2.03. The molecule has 1 heterocycles. The van der Waals surface area contributed by atoms with Gasteiger partial charge in [0.05, 0.1) is 14.2 Å². The summed E-state index contributed by atoms with van der Waals surface area (Å²) in [6.07, 6.45) is 1.23. The third kappa shape index (κ3) is 3.44. The zero-order valence-electron chi connectivity index (χ0n) is 12.8. The highest BCUT2D eigenvalue weighted by Gasteiger charge is 2.25. The lowest BCUT2D eigenvalue weighted by Gasteiger charge is -2.36. The van der Waals surface area contributed by atoms with Crippen molar-refractivity contribution in [3.05, 3.63) is 23.8 Å². The minimum Gasteiger partial charge on any atom is -0.493 e. The standard InChI is InChI=1S/C16H26N2O2/c1-12-6-7-18(11-14(12)9-17)10-13-4-5-15(19-2)16(8-13)20-3/h4-5,8,12,14H,6-7,9-11,17H2,1-3H3. The summed E-state index contributed by atoms with van der Waals surface area (Å²) in [5, 5.41) is 0. The topological polar surface area (TPSA) is 47.7 Å². The van der Waals surface area contributed by atoms with E-state index in [0.29, 0.717) is 5.92 Å². The van der Waals surface area contributed by atoms with Gasteiger partial charge in [0.25, 0.3) is 0 Å². The van der Waals surface area contributed by atoms with Crippen molar-refractivity contribution in [3.8, 4) is 11.5 Å². The summed E-state index contributed by atoms with van der Waals surface area (Å²) in [5.74, 6) is 2.93. The SMILES string of the molecule is COc1ccc(CN2CCC(C)C(CN)C2)cc1OC. The van der Waals surface area contributed by atoms with Gasteiger partial charge in [0, 0.05) is 13.1 Å². The molecular formula is C16H26N2O2. The lowest BCUT2D eigenvalue weighted by Crippen LogP contribution is -2.42. The maximum atomic E-state index is 5.87. The Morgan fingerprint density at radius 2 is 2.00 bits per heavy atom. The Morgan fingerprint density at radius 1 is 1.25 bits per heavy atom. The van der Waals surface area contributed by atoms with Crippen LogP contribution in [0.4, 0.5) is 0 Å². The van der Waals surface area contributed by atoms with Crippen LogP contribution in [0.3, 0.4) is 0 Å². The number of nitrogens with two attached hydrogens (primary N) is 1. The van der Waals surface area contributed by atoms with Gasteiger partial charge in [0.15, 0.2) is 11.5 Å². The van der Waals surface area contributed by atoms with Crippen molar-refractivity contribution in [1.82, 2.24) is 4.90 Å². The van der Waals surface area contributed by atoms with Gasteiger partial charge in [0.2, 0.25) is 0 Å². The molecule has 0 aliphatic carbocycles. The van der Waals surface area contributed by atoms with Gasteiger partial charge in [-0.3, -0.25) is 4.90 Å². The van der Waals surface area contributed by atoms with E-state index >= 15 is 0 Å². The molecule has 1 aromatic rings. The van der Waals surface area contributed by atoms with Crippen LogP contribution in [0.5, 0.6) is 11.5 Å². The maximum Gasteiger partial charge on any atom is 0.161 e. The molecule has 1 aromatic carbocycles. The first-order valence-corrected chi connectivity index (χ1v) is 7.31. The molecule has 4 nitrogen and oxygen atoms in total. The fourth-order valence-electron chi connectivity index (χ4n) is 2.91. The summed E-state index contributed by atoms with van der Waals surface area (Å²) in [6.45, 7) is 6.27. The van der Waals surface area contributed by atoms with E-state index in [1.165, 1.54) is 12.0 Å². The average Bonchev–Trinajstić information content (AvgIpc) is 2.49. The summed E-state index contributed by atoms with van der Waals surface area (Å²) in [7, 11) is 3.34. The van der Waals surface area contributed by atoms with E-state index in [1.54, 1.807) is 14.2 Å². The number of hydrogen-bond acceptors (Lipinski definition) is 4. The van der Waals surface area contributed by atoms with Gasteiger partial charge in [-0.15, -0.1) is 0 Å². The molecule has 2 atom stereocenters. The predicted molar refractivity (Wildman–Crippen MR) is 81.1 cm³/mol. The van der Waals surface area contributed by atoms with Gasteiger partial charge in [0.1, 0.15) is 0 Å². The number of benzene rings is 1. The van der Waals surface area contributed by atoms with Crippen LogP contribution in [0.2, 0.25) is 0 Å². The molecule has 1 aliphatic rings. The number of methoxy groups -OCH3 is 2. The first-order valence-electron chi connectivity index (χ1n) is 7.31. The zero-order valence-corrected chi connectivity index (χ0v) is 12.8. The predicted octanol–water partition coefficient (Wildman–Crippen LogP) is 2.12. The first kappa shape index (κ1) is 15.1. The average molecular weight is 278 g/mol. The van der Waals surface area contributed by atoms with Crippen molar-refractivity contribution in [3.63, 3.8) is 0 Å². The number of piperidine rings is 1. The third-order valence-corrected chi connectivity index (χ3v) is 4.35. The molecule has 1 saturated heterocycles. The summed E-state index contributed by atoms with van der Waals surface area (Å²) in [5.41, 5.74) is 7.13. The molecule has 20 heavy (non-hydrogen) atoms. The molecule has 2 unspecified atom stereocenters. The van der Waals surface area contributed by atoms with E-state index in [1.807, 2.05) is 6.07 Å². The van der Waals surface area contributed by atoms with Gasteiger partial charge >= 0.3 is 0 Å². The fourth-order valence-corrected chi connectivity index (χ4v) is 2.91. The lowest BCUT2D eigenvalue weighted by atomic mass is 9.87. The molecule has 1 aliphatic heterocycles. The minimum absolute atomic E-state index is 0.615. The van der Waals surface area contributed by atoms with Crippen molar-refractivity contribution in [1.29, 1.82) is 0 Å². The van der Waals surface area contributed by atoms with Crippen molar-refractivity contribution < 1.29 is 9.47 Å². The summed E-state index contributed by atoms with van der Waals surface area (Å²) >= 11 is 0. The Bertz CT molecular complexity index is 436. The second kappa shape index (κ2) is 6.95. The number of hydrogen-bond donors (Lipinski definition) is 1. The van der Waals surface area contributed by atoms with E-state index in [0.717, 1.165) is 43.6 Å². The van der Waals surface area contributed by atoms with Crippen LogP contribution in [-0.2, 0) is 6.54 Å². The van der Waals surface area contributed by atoms with Crippen molar-refractivity contribution >= 4 is 0 Å². The van der Waals surface area contributed by atoms with Crippen LogP contribution in [-0.4, -0.2) is 38.8 Å². The number of rotatable bonds is 5. The minimum atomic E-state index is 0.615. The Morgan fingerprint density at radius 3 is 2.65 bits per heavy atom. The molecule has 4 heteroatoms. The molecule has 2 N–H and O–H groups in total. The van der Waals surface area contributed by atoms with Crippen LogP contribution in [0.15, 0.2) is 18.2 Å². The van der Waals surface area contributed by atoms with E-state index in [2.05, 4.69) is 24.0 Å². The molecule has 0 saturated carbocycles. The third-order valence-electron chi connectivity index (χ3n) is 4.35. The van der Waals surface area contributed by atoms with Gasteiger partial charge in [-0.25, -0.2) is 0 Å². The highest BCUT2D eigenvalue weighted by atomic mass is 16.5. The number of nitrogens with zero attached hydrogens (tertiary/aromatic N) is 1. The molecule has 0 radical (unpaired) electrons. The van der Waals surface area contributed by atoms with Gasteiger partial charge < -0.3 is 15.2 Å². The second-order valence-corrected chi connectivity index (χ2v) is 5.69. The Labute approximate surface area is 121 Å². The van der Waals surface area contributed by atoms with Crippen LogP contribution >= 0.6 is 0 Å². The quantitative estimate of drug-likeness (QED) is 0.896. The van der Waals surface area contributed by atoms with E-state index < -0.39 is 0 Å². The highest BCUT2D eigenvalue weighted by Crippen LogP contribution is 2.29. The normalized spacial score (nSPS) is 23.6. The van der Waals surface area contributed by atoms with E-state index in [9.17, 15) is 0 Å². The largest absolute Gasteiger partial charge is 0.493 e. The second-order valence-electron chi connectivity index (χ2n) is 5.69. The van der Waals surface area contributed by atoms with Crippen molar-refractivity contribution in [2.45, 2.75) is 19.9 Å². The van der Waals surface area contributed by atoms with Gasteiger partial charge in [-0.1, -0.05) is 13.0 Å². The number of likely N-dealkylation sites (tertiary alicyclic amines) is 1. The smallest absolute Gasteiger partial charge is 0.161 e. The molecule has 1 fully saturated rings. The molecule has 0 spiro atoms. The van der Waals surface area contributed by atoms with Crippen molar-refractivity contribution in [2.24, 2.45) is 17.6 Å². The van der Waals surface area contributed by atoms with E-state index in [-0.39, 0.29) is 0 Å². The number of ether oxygens (including phenoxy) is 2. The molecular weight excluding hydrogens is 252 g/mol. The zero-order chi connectivity index (χ0) is 14.5. The van der Waals surface area contributed by atoms with Crippen LogP contribution < -0.4 is 15.2 Å².